The van der Waals surface area contributed by atoms with Crippen molar-refractivity contribution in [3.05, 3.63) is 99.5 Å². The number of carbonyl (C=O) groups is 2. The Morgan fingerprint density at radius 3 is 2.27 bits per heavy atom. The molecule has 0 heterocycles. The first-order valence-electron chi connectivity index (χ1n) is 10.5. The van der Waals surface area contributed by atoms with Gasteiger partial charge < -0.3 is 15.0 Å². The second kappa shape index (κ2) is 11.7. The number of hydrogen-bond donors (Lipinski definition) is 1. The maximum absolute atomic E-state index is 13.5. The van der Waals surface area contributed by atoms with Crippen molar-refractivity contribution in [3.63, 3.8) is 0 Å². The summed E-state index contributed by atoms with van der Waals surface area (Å²) in [6.45, 7) is 0.176. The normalized spacial score (nSPS) is 11.5. The fourth-order valence-corrected chi connectivity index (χ4v) is 4.04. The molecule has 5 nitrogen and oxygen atoms in total. The van der Waals surface area contributed by atoms with Gasteiger partial charge in [0.2, 0.25) is 11.8 Å². The van der Waals surface area contributed by atoms with E-state index in [0.29, 0.717) is 27.8 Å². The minimum atomic E-state index is -0.713. The number of methoxy groups -OCH3 is 1. The van der Waals surface area contributed by atoms with E-state index < -0.39 is 6.04 Å². The van der Waals surface area contributed by atoms with Crippen LogP contribution in [0, 0.1) is 0 Å². The number of hydrogen-bond acceptors (Lipinski definition) is 3. The molecule has 0 aliphatic rings. The van der Waals surface area contributed by atoms with Gasteiger partial charge in [0.05, 0.1) is 13.5 Å². The molecule has 3 aromatic carbocycles. The van der Waals surface area contributed by atoms with Gasteiger partial charge in [0.15, 0.2) is 0 Å². The lowest BCUT2D eigenvalue weighted by atomic mass is 10.0. The average Bonchev–Trinajstić information content (AvgIpc) is 2.83. The van der Waals surface area contributed by atoms with Gasteiger partial charge in [-0.3, -0.25) is 9.59 Å². The summed E-state index contributed by atoms with van der Waals surface area (Å²) < 4.78 is 5.20. The first-order chi connectivity index (χ1) is 15.9. The highest BCUT2D eigenvalue weighted by molar-refractivity contribution is 6.35. The van der Waals surface area contributed by atoms with Crippen LogP contribution >= 0.6 is 23.2 Å². The summed E-state index contributed by atoms with van der Waals surface area (Å²) in [5.41, 5.74) is 2.49. The molecular formula is C26H26Cl2N2O3. The Morgan fingerprint density at radius 1 is 0.970 bits per heavy atom. The highest BCUT2D eigenvalue weighted by Crippen LogP contribution is 2.24. The van der Waals surface area contributed by atoms with E-state index in [1.165, 1.54) is 0 Å². The van der Waals surface area contributed by atoms with Crippen LogP contribution in [-0.4, -0.2) is 36.9 Å². The van der Waals surface area contributed by atoms with Crippen LogP contribution in [0.3, 0.4) is 0 Å². The Bertz CT molecular complexity index is 1090. The van der Waals surface area contributed by atoms with Gasteiger partial charge in [-0.05, 0) is 41.0 Å². The standard InChI is InChI=1S/C26H26Cl2N2O3/c1-29-26(32)24(14-18-6-4-3-5-7-18)30(17-20-10-11-21(27)16-23(20)28)25(31)15-19-8-12-22(33-2)13-9-19/h3-13,16,24H,14-15,17H2,1-2H3,(H,29,32). The van der Waals surface area contributed by atoms with Gasteiger partial charge in [-0.15, -0.1) is 0 Å². The molecule has 7 heteroatoms. The number of nitrogens with one attached hydrogen (secondary N) is 1. The Balaban J connectivity index is 1.95. The zero-order chi connectivity index (χ0) is 23.8. The van der Waals surface area contributed by atoms with E-state index >= 15 is 0 Å². The van der Waals surface area contributed by atoms with Crippen molar-refractivity contribution in [2.24, 2.45) is 0 Å². The summed E-state index contributed by atoms with van der Waals surface area (Å²) in [6.07, 6.45) is 0.511. The van der Waals surface area contributed by atoms with Crippen molar-refractivity contribution in [2.45, 2.75) is 25.4 Å². The van der Waals surface area contributed by atoms with E-state index in [4.69, 9.17) is 27.9 Å². The number of benzene rings is 3. The van der Waals surface area contributed by atoms with Crippen LogP contribution in [0.5, 0.6) is 5.75 Å². The van der Waals surface area contributed by atoms with Crippen LogP contribution in [0.4, 0.5) is 0 Å². The second-order valence-electron chi connectivity index (χ2n) is 7.60. The Hall–Kier alpha value is -3.02. The lowest BCUT2D eigenvalue weighted by Gasteiger charge is -2.31. The zero-order valence-electron chi connectivity index (χ0n) is 18.6. The third-order valence-electron chi connectivity index (χ3n) is 5.39. The van der Waals surface area contributed by atoms with Crippen molar-refractivity contribution in [1.82, 2.24) is 10.2 Å². The van der Waals surface area contributed by atoms with E-state index in [2.05, 4.69) is 5.32 Å². The van der Waals surface area contributed by atoms with Gasteiger partial charge in [-0.2, -0.15) is 0 Å². The third-order valence-corrected chi connectivity index (χ3v) is 5.97. The molecule has 0 spiro atoms. The van der Waals surface area contributed by atoms with E-state index in [9.17, 15) is 9.59 Å². The van der Waals surface area contributed by atoms with Crippen LogP contribution < -0.4 is 10.1 Å². The van der Waals surface area contributed by atoms with Gasteiger partial charge in [-0.25, -0.2) is 0 Å². The molecule has 0 fully saturated rings. The number of ether oxygens (including phenoxy) is 1. The number of nitrogens with zero attached hydrogens (tertiary/aromatic N) is 1. The van der Waals surface area contributed by atoms with E-state index in [-0.39, 0.29) is 24.8 Å². The molecule has 1 atom stereocenters. The van der Waals surface area contributed by atoms with Crippen LogP contribution in [0.15, 0.2) is 72.8 Å². The lowest BCUT2D eigenvalue weighted by Crippen LogP contribution is -2.50. The van der Waals surface area contributed by atoms with Gasteiger partial charge in [0.1, 0.15) is 11.8 Å². The summed E-state index contributed by atoms with van der Waals surface area (Å²) in [7, 11) is 3.16. The molecule has 0 bridgehead atoms. The van der Waals surface area contributed by atoms with Gasteiger partial charge in [-0.1, -0.05) is 71.7 Å². The summed E-state index contributed by atoms with van der Waals surface area (Å²) in [5.74, 6) is 0.283. The molecule has 0 aliphatic heterocycles. The number of rotatable bonds is 9. The zero-order valence-corrected chi connectivity index (χ0v) is 20.1. The topological polar surface area (TPSA) is 58.6 Å². The van der Waals surface area contributed by atoms with Crippen LogP contribution in [0.2, 0.25) is 10.0 Å². The number of amides is 2. The number of carbonyl (C=O) groups excluding carboxylic acids is 2. The molecule has 0 saturated carbocycles. The smallest absolute Gasteiger partial charge is 0.242 e. The first-order valence-corrected chi connectivity index (χ1v) is 11.3. The molecule has 0 radical (unpaired) electrons. The maximum atomic E-state index is 13.5. The minimum Gasteiger partial charge on any atom is -0.497 e. The molecular weight excluding hydrogens is 459 g/mol. The van der Waals surface area contributed by atoms with Crippen molar-refractivity contribution >= 4 is 35.0 Å². The molecule has 3 rings (SSSR count). The highest BCUT2D eigenvalue weighted by Gasteiger charge is 2.30. The molecule has 1 N–H and O–H groups in total. The van der Waals surface area contributed by atoms with E-state index in [0.717, 1.165) is 11.1 Å². The molecule has 1 unspecified atom stereocenters. The Labute approximate surface area is 204 Å². The summed E-state index contributed by atoms with van der Waals surface area (Å²) >= 11 is 12.5. The fourth-order valence-electron chi connectivity index (χ4n) is 3.57. The third kappa shape index (κ3) is 6.73. The van der Waals surface area contributed by atoms with E-state index in [1.54, 1.807) is 37.3 Å². The molecule has 2 amide bonds. The summed E-state index contributed by atoms with van der Waals surface area (Å²) in [5, 5.41) is 3.66. The average molecular weight is 485 g/mol. The van der Waals surface area contributed by atoms with Gasteiger partial charge in [0.25, 0.3) is 0 Å². The molecule has 0 saturated heterocycles. The van der Waals surface area contributed by atoms with Gasteiger partial charge in [0, 0.05) is 30.1 Å². The van der Waals surface area contributed by atoms with Gasteiger partial charge >= 0.3 is 0 Å². The highest BCUT2D eigenvalue weighted by atomic mass is 35.5. The Kier molecular flexibility index (Phi) is 8.75. The molecule has 0 aliphatic carbocycles. The molecule has 0 aromatic heterocycles. The largest absolute Gasteiger partial charge is 0.497 e. The van der Waals surface area contributed by atoms with Crippen molar-refractivity contribution < 1.29 is 14.3 Å². The number of halogens is 2. The molecule has 172 valence electrons. The van der Waals surface area contributed by atoms with Crippen molar-refractivity contribution in [2.75, 3.05) is 14.2 Å². The summed E-state index contributed by atoms with van der Waals surface area (Å²) in [4.78, 5) is 28.1. The monoisotopic (exact) mass is 484 g/mol. The maximum Gasteiger partial charge on any atom is 0.242 e. The van der Waals surface area contributed by atoms with Crippen LogP contribution in [0.25, 0.3) is 0 Å². The van der Waals surface area contributed by atoms with Crippen molar-refractivity contribution in [3.8, 4) is 5.75 Å². The SMILES string of the molecule is CNC(=O)C(Cc1ccccc1)N(Cc1ccc(Cl)cc1Cl)C(=O)Cc1ccc(OC)cc1. The van der Waals surface area contributed by atoms with Crippen LogP contribution in [-0.2, 0) is 29.0 Å². The molecule has 3 aromatic rings. The first kappa shape index (κ1) is 24.6. The predicted molar refractivity (Wildman–Crippen MR) is 132 cm³/mol. The predicted octanol–water partition coefficient (Wildman–Crippen LogP) is 4.93. The fraction of sp³-hybridized carbons (Fsp3) is 0.231. The molecule has 33 heavy (non-hydrogen) atoms. The van der Waals surface area contributed by atoms with E-state index in [1.807, 2.05) is 54.6 Å². The number of likely N-dealkylation sites (N-methyl/N-ethyl adjacent to an activating group) is 1. The quantitative estimate of drug-likeness (QED) is 0.468. The van der Waals surface area contributed by atoms with Crippen molar-refractivity contribution in [1.29, 1.82) is 0 Å². The second-order valence-corrected chi connectivity index (χ2v) is 8.45. The van der Waals surface area contributed by atoms with Crippen LogP contribution in [0.1, 0.15) is 16.7 Å². The summed E-state index contributed by atoms with van der Waals surface area (Å²) in [6, 6.07) is 21.4. The Morgan fingerprint density at radius 2 is 1.67 bits per heavy atom. The lowest BCUT2D eigenvalue weighted by molar-refractivity contribution is -0.140. The minimum absolute atomic E-state index is 0.136.